The smallest absolute Gasteiger partial charge is 0.251 e. The van der Waals surface area contributed by atoms with Crippen molar-refractivity contribution < 1.29 is 14.3 Å². The zero-order chi connectivity index (χ0) is 11.4. The molecule has 1 unspecified atom stereocenters. The van der Waals surface area contributed by atoms with Crippen LogP contribution in [0.25, 0.3) is 0 Å². The molecule has 0 spiro atoms. The van der Waals surface area contributed by atoms with Gasteiger partial charge in [0.2, 0.25) is 0 Å². The first-order chi connectivity index (χ1) is 7.02. The lowest BCUT2D eigenvalue weighted by Crippen LogP contribution is -2.35. The lowest BCUT2D eigenvalue weighted by Gasteiger charge is -2.11. The van der Waals surface area contributed by atoms with Crippen LogP contribution < -0.4 is 5.32 Å². The van der Waals surface area contributed by atoms with E-state index in [4.69, 9.17) is 5.11 Å². The van der Waals surface area contributed by atoms with Crippen molar-refractivity contribution in [3.05, 3.63) is 35.1 Å². The monoisotopic (exact) mass is 211 g/mol. The predicted molar refractivity (Wildman–Crippen MR) is 55.2 cm³/mol. The largest absolute Gasteiger partial charge is 0.394 e. The molecule has 4 heteroatoms. The minimum absolute atomic E-state index is 0.139. The molecule has 1 aromatic rings. The van der Waals surface area contributed by atoms with E-state index in [-0.39, 0.29) is 24.1 Å². The average Bonchev–Trinajstić information content (AvgIpc) is 2.16. The minimum Gasteiger partial charge on any atom is -0.394 e. The molecule has 0 saturated heterocycles. The number of hydrogen-bond acceptors (Lipinski definition) is 2. The molecule has 0 aliphatic heterocycles. The van der Waals surface area contributed by atoms with Crippen LogP contribution in [-0.4, -0.2) is 23.7 Å². The van der Waals surface area contributed by atoms with Crippen molar-refractivity contribution in [2.45, 2.75) is 19.9 Å². The van der Waals surface area contributed by atoms with Gasteiger partial charge in [-0.2, -0.15) is 0 Å². The lowest BCUT2D eigenvalue weighted by molar-refractivity contribution is 0.0922. The summed E-state index contributed by atoms with van der Waals surface area (Å²) in [6.45, 7) is 3.25. The van der Waals surface area contributed by atoms with Crippen LogP contribution in [0.4, 0.5) is 4.39 Å². The Labute approximate surface area is 87.9 Å². The number of rotatable bonds is 3. The molecule has 1 amide bonds. The van der Waals surface area contributed by atoms with E-state index in [1.807, 2.05) is 0 Å². The summed E-state index contributed by atoms with van der Waals surface area (Å²) in [6.07, 6.45) is 0. The van der Waals surface area contributed by atoms with Gasteiger partial charge in [-0.3, -0.25) is 4.79 Å². The highest BCUT2D eigenvalue weighted by atomic mass is 19.1. The molecule has 1 atom stereocenters. The number of halogens is 1. The van der Waals surface area contributed by atoms with Gasteiger partial charge in [0.25, 0.3) is 5.91 Å². The Bertz CT molecular complexity index is 345. The third-order valence-corrected chi connectivity index (χ3v) is 1.96. The third kappa shape index (κ3) is 3.32. The third-order valence-electron chi connectivity index (χ3n) is 1.96. The zero-order valence-corrected chi connectivity index (χ0v) is 8.75. The van der Waals surface area contributed by atoms with Crippen LogP contribution in [0.3, 0.4) is 0 Å². The number of benzene rings is 1. The Kier molecular flexibility index (Phi) is 3.80. The fraction of sp³-hybridized carbons (Fsp3) is 0.364. The zero-order valence-electron chi connectivity index (χ0n) is 8.75. The Hall–Kier alpha value is -1.42. The van der Waals surface area contributed by atoms with E-state index >= 15 is 0 Å². The highest BCUT2D eigenvalue weighted by Crippen LogP contribution is 2.08. The second-order valence-corrected chi connectivity index (χ2v) is 3.57. The Balaban J connectivity index is 2.82. The highest BCUT2D eigenvalue weighted by molar-refractivity contribution is 5.94. The van der Waals surface area contributed by atoms with Gasteiger partial charge in [-0.25, -0.2) is 4.39 Å². The summed E-state index contributed by atoms with van der Waals surface area (Å²) in [5, 5.41) is 11.3. The second kappa shape index (κ2) is 4.89. The summed E-state index contributed by atoms with van der Waals surface area (Å²) >= 11 is 0. The second-order valence-electron chi connectivity index (χ2n) is 3.57. The number of aliphatic hydroxyl groups excluding tert-OH is 1. The first-order valence-electron chi connectivity index (χ1n) is 4.72. The van der Waals surface area contributed by atoms with Crippen molar-refractivity contribution in [3.8, 4) is 0 Å². The van der Waals surface area contributed by atoms with Gasteiger partial charge < -0.3 is 10.4 Å². The van der Waals surface area contributed by atoms with Crippen molar-refractivity contribution in [2.24, 2.45) is 0 Å². The standard InChI is InChI=1S/C11H14FNO2/c1-7-3-9(5-10(12)4-7)11(15)13-8(2)6-14/h3-5,8,14H,6H2,1-2H3,(H,13,15). The molecule has 1 rings (SSSR count). The number of nitrogens with one attached hydrogen (secondary N) is 1. The molecular formula is C11H14FNO2. The van der Waals surface area contributed by atoms with Crippen LogP contribution in [0.15, 0.2) is 18.2 Å². The van der Waals surface area contributed by atoms with E-state index < -0.39 is 5.82 Å². The van der Waals surface area contributed by atoms with Gasteiger partial charge in [0.1, 0.15) is 5.82 Å². The van der Waals surface area contributed by atoms with E-state index in [9.17, 15) is 9.18 Å². The summed E-state index contributed by atoms with van der Waals surface area (Å²) in [6, 6.07) is 3.79. The Morgan fingerprint density at radius 2 is 2.20 bits per heavy atom. The molecule has 2 N–H and O–H groups in total. The molecule has 15 heavy (non-hydrogen) atoms. The Morgan fingerprint density at radius 1 is 1.53 bits per heavy atom. The summed E-state index contributed by atoms with van der Waals surface area (Å²) in [7, 11) is 0. The van der Waals surface area contributed by atoms with Gasteiger partial charge in [-0.1, -0.05) is 0 Å². The van der Waals surface area contributed by atoms with Crippen molar-refractivity contribution in [2.75, 3.05) is 6.61 Å². The van der Waals surface area contributed by atoms with E-state index in [1.165, 1.54) is 12.1 Å². The number of carbonyl (C=O) groups excluding carboxylic acids is 1. The van der Waals surface area contributed by atoms with Crippen molar-refractivity contribution in [1.82, 2.24) is 5.32 Å². The van der Waals surface area contributed by atoms with Crippen LogP contribution >= 0.6 is 0 Å². The van der Waals surface area contributed by atoms with Crippen LogP contribution in [-0.2, 0) is 0 Å². The predicted octanol–water partition coefficient (Wildman–Crippen LogP) is 1.24. The van der Waals surface area contributed by atoms with Crippen LogP contribution in [0.5, 0.6) is 0 Å². The number of hydrogen-bond donors (Lipinski definition) is 2. The van der Waals surface area contributed by atoms with Crippen LogP contribution in [0.1, 0.15) is 22.8 Å². The minimum atomic E-state index is -0.434. The van der Waals surface area contributed by atoms with Gasteiger partial charge in [-0.15, -0.1) is 0 Å². The normalized spacial score (nSPS) is 12.3. The molecule has 0 heterocycles. The number of aryl methyl sites for hydroxylation is 1. The maximum absolute atomic E-state index is 13.0. The van der Waals surface area contributed by atoms with Gasteiger partial charge >= 0.3 is 0 Å². The van der Waals surface area contributed by atoms with E-state index in [0.29, 0.717) is 5.56 Å². The van der Waals surface area contributed by atoms with Gasteiger partial charge in [0, 0.05) is 11.6 Å². The van der Waals surface area contributed by atoms with Crippen LogP contribution in [0, 0.1) is 12.7 Å². The average molecular weight is 211 g/mol. The first-order valence-corrected chi connectivity index (χ1v) is 4.72. The molecule has 1 aromatic carbocycles. The van der Waals surface area contributed by atoms with Crippen molar-refractivity contribution in [1.29, 1.82) is 0 Å². The number of amides is 1. The first kappa shape index (κ1) is 11.7. The summed E-state index contributed by atoms with van der Waals surface area (Å²) < 4.78 is 13.0. The van der Waals surface area contributed by atoms with Crippen LogP contribution in [0.2, 0.25) is 0 Å². The number of aliphatic hydroxyl groups is 1. The molecular weight excluding hydrogens is 197 g/mol. The maximum atomic E-state index is 13.0. The molecule has 0 radical (unpaired) electrons. The lowest BCUT2D eigenvalue weighted by atomic mass is 10.1. The van der Waals surface area contributed by atoms with E-state index in [2.05, 4.69) is 5.32 Å². The van der Waals surface area contributed by atoms with Crippen molar-refractivity contribution in [3.63, 3.8) is 0 Å². The van der Waals surface area contributed by atoms with E-state index in [1.54, 1.807) is 19.9 Å². The SMILES string of the molecule is Cc1cc(F)cc(C(=O)NC(C)CO)c1. The quantitative estimate of drug-likeness (QED) is 0.790. The number of carbonyl (C=O) groups is 1. The molecule has 0 bridgehead atoms. The highest BCUT2D eigenvalue weighted by Gasteiger charge is 2.10. The molecule has 3 nitrogen and oxygen atoms in total. The molecule has 0 aliphatic rings. The van der Waals surface area contributed by atoms with Crippen molar-refractivity contribution >= 4 is 5.91 Å². The molecule has 0 aromatic heterocycles. The van der Waals surface area contributed by atoms with E-state index in [0.717, 1.165) is 0 Å². The summed E-state index contributed by atoms with van der Waals surface area (Å²) in [4.78, 5) is 11.5. The Morgan fingerprint density at radius 3 is 2.73 bits per heavy atom. The van der Waals surface area contributed by atoms with Gasteiger partial charge in [0.15, 0.2) is 0 Å². The topological polar surface area (TPSA) is 49.3 Å². The fourth-order valence-corrected chi connectivity index (χ4v) is 1.22. The fourth-order valence-electron chi connectivity index (χ4n) is 1.22. The molecule has 0 fully saturated rings. The van der Waals surface area contributed by atoms with Gasteiger partial charge in [-0.05, 0) is 37.6 Å². The summed E-state index contributed by atoms with van der Waals surface area (Å²) in [5.41, 5.74) is 0.963. The maximum Gasteiger partial charge on any atom is 0.251 e. The molecule has 82 valence electrons. The molecule has 0 saturated carbocycles. The summed E-state index contributed by atoms with van der Waals surface area (Å²) in [5.74, 6) is -0.809. The van der Waals surface area contributed by atoms with Gasteiger partial charge in [0.05, 0.1) is 6.61 Å². The molecule has 0 aliphatic carbocycles.